The summed E-state index contributed by atoms with van der Waals surface area (Å²) >= 11 is 1.68. The molecule has 3 aromatic rings. The van der Waals surface area contributed by atoms with Crippen molar-refractivity contribution in [2.75, 3.05) is 5.84 Å². The van der Waals surface area contributed by atoms with Gasteiger partial charge in [0.05, 0.1) is 5.39 Å². The minimum Gasteiger partial charge on any atom is -0.335 e. The molecule has 23 heavy (non-hydrogen) atoms. The van der Waals surface area contributed by atoms with E-state index in [1.54, 1.807) is 11.3 Å². The minimum atomic E-state index is -0.0857. The summed E-state index contributed by atoms with van der Waals surface area (Å²) in [5.74, 6) is 6.72. The van der Waals surface area contributed by atoms with Gasteiger partial charge in [0.1, 0.15) is 10.7 Å². The van der Waals surface area contributed by atoms with Crippen molar-refractivity contribution in [1.29, 1.82) is 0 Å². The average Bonchev–Trinajstić information content (AvgIpc) is 2.96. The zero-order valence-electron chi connectivity index (χ0n) is 12.9. The van der Waals surface area contributed by atoms with E-state index in [2.05, 4.69) is 12.1 Å². The molecule has 0 saturated carbocycles. The minimum absolute atomic E-state index is 0.0857. The number of aryl methyl sites for hydroxylation is 4. The molecule has 118 valence electrons. The smallest absolute Gasteiger partial charge is 0.280 e. The summed E-state index contributed by atoms with van der Waals surface area (Å²) in [6.45, 7) is 0. The summed E-state index contributed by atoms with van der Waals surface area (Å²) in [6.07, 6.45) is 5.92. The van der Waals surface area contributed by atoms with Crippen LogP contribution in [0.1, 0.15) is 34.7 Å². The lowest BCUT2D eigenvalue weighted by Crippen LogP contribution is -2.32. The molecule has 0 fully saturated rings. The molecule has 1 aromatic carbocycles. The first kappa shape index (κ1) is 14.5. The van der Waals surface area contributed by atoms with Crippen molar-refractivity contribution in [3.8, 4) is 0 Å². The van der Waals surface area contributed by atoms with Gasteiger partial charge in [-0.2, -0.15) is 0 Å². The number of nitrogen functional groups attached to an aromatic ring is 1. The van der Waals surface area contributed by atoms with Gasteiger partial charge in [0.2, 0.25) is 0 Å². The van der Waals surface area contributed by atoms with E-state index in [4.69, 9.17) is 10.8 Å². The van der Waals surface area contributed by atoms with Gasteiger partial charge in [-0.15, -0.1) is 11.3 Å². The van der Waals surface area contributed by atoms with Crippen LogP contribution >= 0.6 is 11.3 Å². The normalized spacial score (nSPS) is 14.1. The Morgan fingerprint density at radius 1 is 1.13 bits per heavy atom. The Bertz CT molecular complexity index is 911. The van der Waals surface area contributed by atoms with Crippen LogP contribution in [0.2, 0.25) is 0 Å². The zero-order chi connectivity index (χ0) is 15.8. The first-order valence-electron chi connectivity index (χ1n) is 8.09. The van der Waals surface area contributed by atoms with Gasteiger partial charge >= 0.3 is 0 Å². The van der Waals surface area contributed by atoms with E-state index in [0.29, 0.717) is 12.2 Å². The van der Waals surface area contributed by atoms with E-state index in [1.807, 2.05) is 18.2 Å². The van der Waals surface area contributed by atoms with Crippen molar-refractivity contribution in [3.63, 3.8) is 0 Å². The summed E-state index contributed by atoms with van der Waals surface area (Å²) in [5.41, 5.74) is 2.34. The fourth-order valence-electron chi connectivity index (χ4n) is 3.34. The van der Waals surface area contributed by atoms with E-state index in [9.17, 15) is 4.79 Å². The number of aromatic nitrogens is 2. The molecule has 1 aliphatic rings. The van der Waals surface area contributed by atoms with Crippen molar-refractivity contribution >= 4 is 21.6 Å². The van der Waals surface area contributed by atoms with Gasteiger partial charge < -0.3 is 5.84 Å². The highest BCUT2D eigenvalue weighted by Gasteiger charge is 2.21. The molecule has 2 N–H and O–H groups in total. The maximum Gasteiger partial charge on any atom is 0.280 e. The summed E-state index contributed by atoms with van der Waals surface area (Å²) < 4.78 is 1.26. The van der Waals surface area contributed by atoms with Crippen LogP contribution in [0.5, 0.6) is 0 Å². The highest BCUT2D eigenvalue weighted by molar-refractivity contribution is 7.18. The summed E-state index contributed by atoms with van der Waals surface area (Å²) in [7, 11) is 0. The van der Waals surface area contributed by atoms with Crippen molar-refractivity contribution in [3.05, 3.63) is 62.5 Å². The lowest BCUT2D eigenvalue weighted by molar-refractivity contribution is 0.698. The summed E-state index contributed by atoms with van der Waals surface area (Å²) in [6, 6.07) is 10.2. The second-order valence-corrected chi connectivity index (χ2v) is 7.16. The van der Waals surface area contributed by atoms with Crippen LogP contribution in [-0.2, 0) is 25.7 Å². The molecule has 0 atom stereocenters. The Labute approximate surface area is 138 Å². The second-order valence-electron chi connectivity index (χ2n) is 6.08. The zero-order valence-corrected chi connectivity index (χ0v) is 13.7. The first-order chi connectivity index (χ1) is 11.2. The van der Waals surface area contributed by atoms with Crippen molar-refractivity contribution in [1.82, 2.24) is 9.66 Å². The third-order valence-electron chi connectivity index (χ3n) is 4.57. The largest absolute Gasteiger partial charge is 0.335 e. The molecule has 1 aliphatic carbocycles. The SMILES string of the molecule is Nn1c(CCc2ccccc2)nc2sc3c(c2c1=O)CCCC3. The van der Waals surface area contributed by atoms with Crippen LogP contribution < -0.4 is 11.4 Å². The van der Waals surface area contributed by atoms with Gasteiger partial charge in [0.25, 0.3) is 5.56 Å². The predicted octanol–water partition coefficient (Wildman–Crippen LogP) is 2.84. The van der Waals surface area contributed by atoms with Gasteiger partial charge in [-0.3, -0.25) is 4.79 Å². The average molecular weight is 325 g/mol. The fraction of sp³-hybridized carbons (Fsp3) is 0.333. The molecule has 0 bridgehead atoms. The van der Waals surface area contributed by atoms with Crippen LogP contribution in [-0.4, -0.2) is 9.66 Å². The molecule has 0 saturated heterocycles. The lowest BCUT2D eigenvalue weighted by Gasteiger charge is -2.11. The second kappa shape index (κ2) is 5.81. The highest BCUT2D eigenvalue weighted by atomic mass is 32.1. The monoisotopic (exact) mass is 325 g/mol. The molecule has 0 spiro atoms. The molecule has 2 heterocycles. The quantitative estimate of drug-likeness (QED) is 0.753. The van der Waals surface area contributed by atoms with Gasteiger partial charge in [0.15, 0.2) is 0 Å². The summed E-state index contributed by atoms with van der Waals surface area (Å²) in [4.78, 5) is 19.6. The molecule has 5 heteroatoms. The Hall–Kier alpha value is -2.14. The van der Waals surface area contributed by atoms with Crippen LogP contribution in [0.15, 0.2) is 35.1 Å². The molecule has 2 aromatic heterocycles. The van der Waals surface area contributed by atoms with E-state index >= 15 is 0 Å². The Morgan fingerprint density at radius 2 is 1.91 bits per heavy atom. The van der Waals surface area contributed by atoms with E-state index in [-0.39, 0.29) is 5.56 Å². The van der Waals surface area contributed by atoms with E-state index < -0.39 is 0 Å². The lowest BCUT2D eigenvalue weighted by atomic mass is 9.97. The van der Waals surface area contributed by atoms with Crippen molar-refractivity contribution < 1.29 is 0 Å². The molecular weight excluding hydrogens is 306 g/mol. The molecular formula is C18H19N3OS. The van der Waals surface area contributed by atoms with E-state index in [0.717, 1.165) is 35.9 Å². The molecule has 0 radical (unpaired) electrons. The van der Waals surface area contributed by atoms with Crippen molar-refractivity contribution in [2.24, 2.45) is 0 Å². The predicted molar refractivity (Wildman–Crippen MR) is 94.5 cm³/mol. The third kappa shape index (κ3) is 2.55. The number of hydrogen-bond donors (Lipinski definition) is 1. The van der Waals surface area contributed by atoms with Gasteiger partial charge in [-0.25, -0.2) is 9.66 Å². The number of hydrogen-bond acceptors (Lipinski definition) is 4. The topological polar surface area (TPSA) is 60.9 Å². The highest BCUT2D eigenvalue weighted by Crippen LogP contribution is 2.33. The van der Waals surface area contributed by atoms with Crippen LogP contribution in [0.3, 0.4) is 0 Å². The van der Waals surface area contributed by atoms with Crippen molar-refractivity contribution in [2.45, 2.75) is 38.5 Å². The van der Waals surface area contributed by atoms with Crippen LogP contribution in [0, 0.1) is 0 Å². The first-order valence-corrected chi connectivity index (χ1v) is 8.91. The number of nitrogens with zero attached hydrogens (tertiary/aromatic N) is 2. The van der Waals surface area contributed by atoms with Gasteiger partial charge in [-0.05, 0) is 43.2 Å². The van der Waals surface area contributed by atoms with E-state index in [1.165, 1.54) is 27.1 Å². The molecule has 0 aliphatic heterocycles. The standard InChI is InChI=1S/C18H19N3OS/c19-21-15(11-10-12-6-2-1-3-7-12)20-17-16(18(21)22)13-8-4-5-9-14(13)23-17/h1-3,6-7H,4-5,8-11,19H2. The van der Waals surface area contributed by atoms with Gasteiger partial charge in [0, 0.05) is 11.3 Å². The molecule has 4 nitrogen and oxygen atoms in total. The Kier molecular flexibility index (Phi) is 3.65. The fourth-order valence-corrected chi connectivity index (χ4v) is 4.61. The molecule has 0 amide bonds. The third-order valence-corrected chi connectivity index (χ3v) is 5.76. The Balaban J connectivity index is 1.73. The number of fused-ring (bicyclic) bond motifs is 3. The maximum absolute atomic E-state index is 12.7. The number of nitrogens with two attached hydrogens (primary N) is 1. The number of thiophene rings is 1. The maximum atomic E-state index is 12.7. The van der Waals surface area contributed by atoms with Crippen LogP contribution in [0.4, 0.5) is 0 Å². The molecule has 4 rings (SSSR count). The molecule has 0 unspecified atom stereocenters. The summed E-state index contributed by atoms with van der Waals surface area (Å²) in [5, 5.41) is 0.760. The number of benzene rings is 1. The van der Waals surface area contributed by atoms with Crippen LogP contribution in [0.25, 0.3) is 10.2 Å². The Morgan fingerprint density at radius 3 is 2.74 bits per heavy atom. The number of rotatable bonds is 3. The van der Waals surface area contributed by atoms with Gasteiger partial charge in [-0.1, -0.05) is 30.3 Å².